The first-order valence-electron chi connectivity index (χ1n) is 4.27. The van der Waals surface area contributed by atoms with Crippen molar-refractivity contribution in [3.8, 4) is 5.75 Å². The van der Waals surface area contributed by atoms with E-state index in [0.717, 1.165) is 12.6 Å². The molecular formula is C9H12N2O3. The van der Waals surface area contributed by atoms with E-state index in [4.69, 9.17) is 9.84 Å². The molecular weight excluding hydrogens is 184 g/mol. The predicted molar refractivity (Wildman–Crippen MR) is 50.2 cm³/mol. The molecule has 1 heterocycles. The van der Waals surface area contributed by atoms with Gasteiger partial charge in [-0.1, -0.05) is 0 Å². The number of hydrogen-bond acceptors (Lipinski definition) is 3. The fraction of sp³-hybridized carbons (Fsp3) is 0.333. The second kappa shape index (κ2) is 5.06. The minimum absolute atomic E-state index is 0.238. The van der Waals surface area contributed by atoms with Crippen LogP contribution in [0.5, 0.6) is 5.75 Å². The van der Waals surface area contributed by atoms with Gasteiger partial charge in [0.25, 0.3) is 0 Å². The highest BCUT2D eigenvalue weighted by molar-refractivity contribution is 5.79. The van der Waals surface area contributed by atoms with Crippen molar-refractivity contribution < 1.29 is 14.6 Å². The monoisotopic (exact) mass is 196 g/mol. The Labute approximate surface area is 81.6 Å². The van der Waals surface area contributed by atoms with Gasteiger partial charge >= 0.3 is 5.97 Å². The Morgan fingerprint density at radius 3 is 3.14 bits per heavy atom. The number of hydrogen-bond donors (Lipinski definition) is 1. The van der Waals surface area contributed by atoms with Crippen LogP contribution in [0.3, 0.4) is 0 Å². The normalized spacial score (nSPS) is 10.6. The van der Waals surface area contributed by atoms with Crippen molar-refractivity contribution in [3.05, 3.63) is 24.5 Å². The third-order valence-electron chi connectivity index (χ3n) is 1.54. The summed E-state index contributed by atoms with van der Waals surface area (Å²) in [6, 6.07) is 0. The van der Waals surface area contributed by atoms with Crippen LogP contribution in [0.25, 0.3) is 0 Å². The summed E-state index contributed by atoms with van der Waals surface area (Å²) in [5.74, 6) is -0.334. The number of rotatable bonds is 5. The fourth-order valence-electron chi connectivity index (χ4n) is 0.885. The summed E-state index contributed by atoms with van der Waals surface area (Å²) in [5, 5.41) is 12.3. The van der Waals surface area contributed by atoms with Crippen LogP contribution in [0.1, 0.15) is 6.92 Å². The van der Waals surface area contributed by atoms with Gasteiger partial charge in [-0.05, 0) is 13.0 Å². The fourth-order valence-corrected chi connectivity index (χ4v) is 0.885. The van der Waals surface area contributed by atoms with Gasteiger partial charge in [0.2, 0.25) is 0 Å². The highest BCUT2D eigenvalue weighted by atomic mass is 16.5. The smallest absolute Gasteiger partial charge is 0.328 e. The Kier molecular flexibility index (Phi) is 3.72. The Balaban J connectivity index is 2.34. The molecule has 5 nitrogen and oxygen atoms in total. The van der Waals surface area contributed by atoms with Crippen LogP contribution in [-0.2, 0) is 11.3 Å². The summed E-state index contributed by atoms with van der Waals surface area (Å²) in [6.45, 7) is 3.00. The number of carbonyl (C=O) groups is 1. The van der Waals surface area contributed by atoms with Gasteiger partial charge in [-0.2, -0.15) is 5.10 Å². The molecule has 14 heavy (non-hydrogen) atoms. The van der Waals surface area contributed by atoms with Crippen LogP contribution in [0.2, 0.25) is 0 Å². The van der Waals surface area contributed by atoms with Gasteiger partial charge in [-0.3, -0.25) is 4.68 Å². The second-order valence-corrected chi connectivity index (χ2v) is 2.58. The standard InChI is InChI=1S/C9H12N2O3/c1-2-11-7-8(6-10-11)14-5-3-4-9(12)13/h3-4,6-7H,2,5H2,1H3,(H,12,13)/b4-3+. The van der Waals surface area contributed by atoms with E-state index in [2.05, 4.69) is 5.10 Å². The number of carboxylic acid groups (broad SMARTS) is 1. The van der Waals surface area contributed by atoms with E-state index in [1.165, 1.54) is 6.08 Å². The van der Waals surface area contributed by atoms with Crippen molar-refractivity contribution in [2.24, 2.45) is 0 Å². The molecule has 0 aliphatic carbocycles. The van der Waals surface area contributed by atoms with Crippen molar-refractivity contribution in [1.82, 2.24) is 9.78 Å². The van der Waals surface area contributed by atoms with Gasteiger partial charge < -0.3 is 9.84 Å². The second-order valence-electron chi connectivity index (χ2n) is 2.58. The van der Waals surface area contributed by atoms with Crippen LogP contribution < -0.4 is 4.74 Å². The van der Waals surface area contributed by atoms with Gasteiger partial charge in [-0.15, -0.1) is 0 Å². The number of nitrogens with zero attached hydrogens (tertiary/aromatic N) is 2. The van der Waals surface area contributed by atoms with Gasteiger partial charge in [0, 0.05) is 12.6 Å². The van der Waals surface area contributed by atoms with Crippen LogP contribution in [-0.4, -0.2) is 27.5 Å². The SMILES string of the molecule is CCn1cc(OC/C=C/C(=O)O)cn1. The zero-order chi connectivity index (χ0) is 10.4. The summed E-state index contributed by atoms with van der Waals surface area (Å²) in [6.07, 6.45) is 5.84. The molecule has 1 aromatic heterocycles. The van der Waals surface area contributed by atoms with E-state index in [1.54, 1.807) is 17.1 Å². The minimum atomic E-state index is -0.974. The van der Waals surface area contributed by atoms with E-state index in [9.17, 15) is 4.79 Å². The number of ether oxygens (including phenoxy) is 1. The molecule has 0 spiro atoms. The van der Waals surface area contributed by atoms with Crippen molar-refractivity contribution in [3.63, 3.8) is 0 Å². The molecule has 0 amide bonds. The first kappa shape index (κ1) is 10.3. The molecule has 76 valence electrons. The Morgan fingerprint density at radius 2 is 2.57 bits per heavy atom. The summed E-state index contributed by atoms with van der Waals surface area (Å²) < 4.78 is 6.94. The number of aromatic nitrogens is 2. The molecule has 0 fully saturated rings. The van der Waals surface area contributed by atoms with E-state index < -0.39 is 5.97 Å². The summed E-state index contributed by atoms with van der Waals surface area (Å²) >= 11 is 0. The van der Waals surface area contributed by atoms with Crippen molar-refractivity contribution in [1.29, 1.82) is 0 Å². The molecule has 0 saturated carbocycles. The maximum atomic E-state index is 10.1. The molecule has 1 rings (SSSR count). The average molecular weight is 196 g/mol. The molecule has 0 saturated heterocycles. The lowest BCUT2D eigenvalue weighted by Crippen LogP contribution is -1.95. The largest absolute Gasteiger partial charge is 0.486 e. The number of aryl methyl sites for hydroxylation is 1. The first-order valence-corrected chi connectivity index (χ1v) is 4.27. The van der Waals surface area contributed by atoms with Crippen molar-refractivity contribution in [2.45, 2.75) is 13.5 Å². The molecule has 0 aromatic carbocycles. The van der Waals surface area contributed by atoms with Crippen molar-refractivity contribution in [2.75, 3.05) is 6.61 Å². The summed E-state index contributed by atoms with van der Waals surface area (Å²) in [7, 11) is 0. The average Bonchev–Trinajstić information content (AvgIpc) is 2.60. The van der Waals surface area contributed by atoms with Crippen LogP contribution in [0.4, 0.5) is 0 Å². The molecule has 0 radical (unpaired) electrons. The van der Waals surface area contributed by atoms with Gasteiger partial charge in [0.1, 0.15) is 6.61 Å². The molecule has 5 heteroatoms. The van der Waals surface area contributed by atoms with E-state index in [1.807, 2.05) is 6.92 Å². The van der Waals surface area contributed by atoms with E-state index >= 15 is 0 Å². The molecule has 0 aliphatic heterocycles. The molecule has 0 aliphatic rings. The van der Waals surface area contributed by atoms with Crippen LogP contribution >= 0.6 is 0 Å². The number of aliphatic carboxylic acids is 1. The molecule has 0 unspecified atom stereocenters. The predicted octanol–water partition coefficient (Wildman–Crippen LogP) is 0.923. The number of carboxylic acids is 1. The maximum Gasteiger partial charge on any atom is 0.328 e. The van der Waals surface area contributed by atoms with Gasteiger partial charge in [0.05, 0.1) is 12.4 Å². The van der Waals surface area contributed by atoms with Crippen LogP contribution in [0.15, 0.2) is 24.5 Å². The molecule has 0 atom stereocenters. The van der Waals surface area contributed by atoms with E-state index in [0.29, 0.717) is 5.75 Å². The Morgan fingerprint density at radius 1 is 1.79 bits per heavy atom. The zero-order valence-electron chi connectivity index (χ0n) is 7.88. The summed E-state index contributed by atoms with van der Waals surface area (Å²) in [4.78, 5) is 10.1. The van der Waals surface area contributed by atoms with Gasteiger partial charge in [-0.25, -0.2) is 4.79 Å². The van der Waals surface area contributed by atoms with E-state index in [-0.39, 0.29) is 6.61 Å². The van der Waals surface area contributed by atoms with Crippen LogP contribution in [0, 0.1) is 0 Å². The van der Waals surface area contributed by atoms with Crippen molar-refractivity contribution >= 4 is 5.97 Å². The lowest BCUT2D eigenvalue weighted by Gasteiger charge is -1.96. The highest BCUT2D eigenvalue weighted by Crippen LogP contribution is 2.07. The highest BCUT2D eigenvalue weighted by Gasteiger charge is 1.95. The topological polar surface area (TPSA) is 64.3 Å². The Hall–Kier alpha value is -1.78. The maximum absolute atomic E-state index is 10.1. The van der Waals surface area contributed by atoms with Gasteiger partial charge in [0.15, 0.2) is 5.75 Å². The minimum Gasteiger partial charge on any atom is -0.486 e. The molecule has 1 aromatic rings. The lowest BCUT2D eigenvalue weighted by molar-refractivity contribution is -0.131. The quantitative estimate of drug-likeness (QED) is 0.711. The lowest BCUT2D eigenvalue weighted by atomic mass is 10.5. The third kappa shape index (κ3) is 3.30. The summed E-state index contributed by atoms with van der Waals surface area (Å²) in [5.41, 5.74) is 0. The Bertz CT molecular complexity index is 331. The zero-order valence-corrected chi connectivity index (χ0v) is 7.88. The molecule has 1 N–H and O–H groups in total. The molecule has 0 bridgehead atoms. The third-order valence-corrected chi connectivity index (χ3v) is 1.54. The first-order chi connectivity index (χ1) is 6.72.